The van der Waals surface area contributed by atoms with Gasteiger partial charge in [0.05, 0.1) is 5.00 Å². The molecule has 0 aliphatic carbocycles. The Morgan fingerprint density at radius 2 is 1.85 bits per heavy atom. The molecular formula is C20H27N5OS. The minimum Gasteiger partial charge on any atom is -0.360 e. The van der Waals surface area contributed by atoms with E-state index >= 15 is 0 Å². The zero-order valence-corrected chi connectivity index (χ0v) is 16.5. The van der Waals surface area contributed by atoms with Crippen molar-refractivity contribution in [2.75, 3.05) is 44.7 Å². The Labute approximate surface area is 164 Å². The van der Waals surface area contributed by atoms with E-state index in [9.17, 15) is 4.79 Å². The fourth-order valence-electron chi connectivity index (χ4n) is 3.09. The Kier molecular flexibility index (Phi) is 7.10. The maximum absolute atomic E-state index is 12.0. The maximum Gasteiger partial charge on any atom is 0.222 e. The van der Waals surface area contributed by atoms with Crippen LogP contribution in [0.2, 0.25) is 0 Å². The summed E-state index contributed by atoms with van der Waals surface area (Å²) >= 11 is 1.78. The summed E-state index contributed by atoms with van der Waals surface area (Å²) in [6, 6.07) is 14.2. The molecule has 7 heteroatoms. The summed E-state index contributed by atoms with van der Waals surface area (Å²) in [5.74, 6) is 0.918. The van der Waals surface area contributed by atoms with E-state index in [4.69, 9.17) is 0 Å². The van der Waals surface area contributed by atoms with Gasteiger partial charge in [-0.3, -0.25) is 9.79 Å². The second-order valence-electron chi connectivity index (χ2n) is 6.41. The molecule has 0 bridgehead atoms. The van der Waals surface area contributed by atoms with Crippen LogP contribution in [0.5, 0.6) is 0 Å². The van der Waals surface area contributed by atoms with Gasteiger partial charge in [0.15, 0.2) is 5.96 Å². The molecule has 0 unspecified atom stereocenters. The van der Waals surface area contributed by atoms with Crippen molar-refractivity contribution in [1.82, 2.24) is 15.5 Å². The van der Waals surface area contributed by atoms with Gasteiger partial charge in [-0.05, 0) is 23.1 Å². The molecule has 144 valence electrons. The molecular weight excluding hydrogens is 358 g/mol. The van der Waals surface area contributed by atoms with Gasteiger partial charge in [-0.1, -0.05) is 30.3 Å². The smallest absolute Gasteiger partial charge is 0.222 e. The van der Waals surface area contributed by atoms with Gasteiger partial charge in [0.25, 0.3) is 0 Å². The van der Waals surface area contributed by atoms with Gasteiger partial charge in [0.1, 0.15) is 0 Å². The highest BCUT2D eigenvalue weighted by molar-refractivity contribution is 7.14. The third-order valence-electron chi connectivity index (χ3n) is 4.58. The number of nitrogens with one attached hydrogen (secondary N) is 2. The average molecular weight is 386 g/mol. The van der Waals surface area contributed by atoms with Crippen LogP contribution in [0.15, 0.2) is 52.8 Å². The minimum atomic E-state index is 0.0457. The lowest BCUT2D eigenvalue weighted by molar-refractivity contribution is -0.121. The van der Waals surface area contributed by atoms with Crippen molar-refractivity contribution in [3.8, 4) is 0 Å². The van der Waals surface area contributed by atoms with Crippen LogP contribution in [0.25, 0.3) is 0 Å². The summed E-state index contributed by atoms with van der Waals surface area (Å²) in [6.45, 7) is 4.98. The number of thiophene rings is 1. The lowest BCUT2D eigenvalue weighted by Crippen LogP contribution is -2.52. The maximum atomic E-state index is 12.0. The largest absolute Gasteiger partial charge is 0.360 e. The number of nitrogens with zero attached hydrogens (tertiary/aromatic N) is 3. The number of guanidine groups is 1. The molecule has 0 saturated carbocycles. The number of hydrogen-bond donors (Lipinski definition) is 2. The van der Waals surface area contributed by atoms with Gasteiger partial charge in [-0.2, -0.15) is 0 Å². The van der Waals surface area contributed by atoms with E-state index in [0.717, 1.165) is 37.7 Å². The molecule has 2 N–H and O–H groups in total. The molecule has 1 saturated heterocycles. The topological polar surface area (TPSA) is 60.0 Å². The molecule has 2 aromatic rings. The highest BCUT2D eigenvalue weighted by Gasteiger charge is 2.20. The van der Waals surface area contributed by atoms with Crippen molar-refractivity contribution in [2.24, 2.45) is 4.99 Å². The standard InChI is InChI=1S/C20H27N5OS/c1-21-20(25-13-11-24(12-14-25)19-8-5-15-27-19)22-10-9-18(26)23-16-17-6-3-2-4-7-17/h2-8,15H,9-14,16H2,1H3,(H,21,22)(H,23,26). The second-order valence-corrected chi connectivity index (χ2v) is 7.34. The summed E-state index contributed by atoms with van der Waals surface area (Å²) in [7, 11) is 1.80. The molecule has 6 nitrogen and oxygen atoms in total. The lowest BCUT2D eigenvalue weighted by Gasteiger charge is -2.37. The predicted octanol–water partition coefficient (Wildman–Crippen LogP) is 2.15. The van der Waals surface area contributed by atoms with Crippen LogP contribution < -0.4 is 15.5 Å². The minimum absolute atomic E-state index is 0.0457. The lowest BCUT2D eigenvalue weighted by atomic mass is 10.2. The van der Waals surface area contributed by atoms with Gasteiger partial charge >= 0.3 is 0 Å². The third kappa shape index (κ3) is 5.72. The van der Waals surface area contributed by atoms with E-state index in [1.54, 1.807) is 18.4 Å². The molecule has 27 heavy (non-hydrogen) atoms. The number of piperazine rings is 1. The number of benzene rings is 1. The quantitative estimate of drug-likeness (QED) is 0.591. The number of carbonyl (C=O) groups excluding carboxylic acids is 1. The van der Waals surface area contributed by atoms with E-state index in [1.807, 2.05) is 30.3 Å². The Morgan fingerprint density at radius 1 is 1.07 bits per heavy atom. The van der Waals surface area contributed by atoms with Crippen LogP contribution in [-0.4, -0.2) is 56.5 Å². The van der Waals surface area contributed by atoms with Crippen LogP contribution in [0.4, 0.5) is 5.00 Å². The van der Waals surface area contributed by atoms with Crippen LogP contribution in [0, 0.1) is 0 Å². The third-order valence-corrected chi connectivity index (χ3v) is 5.51. The fraction of sp³-hybridized carbons (Fsp3) is 0.400. The van der Waals surface area contributed by atoms with E-state index in [0.29, 0.717) is 19.5 Å². The molecule has 0 atom stereocenters. The van der Waals surface area contributed by atoms with Crippen LogP contribution in [-0.2, 0) is 11.3 Å². The van der Waals surface area contributed by atoms with E-state index in [1.165, 1.54) is 5.00 Å². The molecule has 1 aliphatic heterocycles. The predicted molar refractivity (Wildman–Crippen MR) is 112 cm³/mol. The van der Waals surface area contributed by atoms with Gasteiger partial charge < -0.3 is 20.4 Å². The summed E-state index contributed by atoms with van der Waals surface area (Å²) < 4.78 is 0. The van der Waals surface area contributed by atoms with E-state index < -0.39 is 0 Å². The molecule has 1 aliphatic rings. The van der Waals surface area contributed by atoms with Crippen molar-refractivity contribution in [3.63, 3.8) is 0 Å². The Balaban J connectivity index is 1.36. The highest BCUT2D eigenvalue weighted by Crippen LogP contribution is 2.22. The number of amides is 1. The van der Waals surface area contributed by atoms with Gasteiger partial charge in [0, 0.05) is 52.7 Å². The van der Waals surface area contributed by atoms with Gasteiger partial charge in [-0.25, -0.2) is 0 Å². The molecule has 0 radical (unpaired) electrons. The Bertz CT molecular complexity index is 724. The van der Waals surface area contributed by atoms with Crippen molar-refractivity contribution in [1.29, 1.82) is 0 Å². The zero-order valence-electron chi connectivity index (χ0n) is 15.7. The average Bonchev–Trinajstić information content (AvgIpc) is 3.26. The van der Waals surface area contributed by atoms with Crippen LogP contribution in [0.3, 0.4) is 0 Å². The summed E-state index contributed by atoms with van der Waals surface area (Å²) in [4.78, 5) is 21.1. The molecule has 1 aromatic carbocycles. The first-order chi connectivity index (χ1) is 13.3. The molecule has 2 heterocycles. The molecule has 1 fully saturated rings. The van der Waals surface area contributed by atoms with E-state index in [-0.39, 0.29) is 5.91 Å². The number of hydrogen-bond acceptors (Lipinski definition) is 4. The number of rotatable bonds is 6. The zero-order chi connectivity index (χ0) is 18.9. The van der Waals surface area contributed by atoms with Crippen molar-refractivity contribution in [2.45, 2.75) is 13.0 Å². The first kappa shape index (κ1) is 19.2. The number of anilines is 1. The first-order valence-electron chi connectivity index (χ1n) is 9.31. The molecule has 3 rings (SSSR count). The summed E-state index contributed by atoms with van der Waals surface area (Å²) in [6.07, 6.45) is 0.432. The number of aliphatic imine (C=N–C) groups is 1. The van der Waals surface area contributed by atoms with Crippen LogP contribution >= 0.6 is 11.3 Å². The van der Waals surface area contributed by atoms with Gasteiger partial charge in [0.2, 0.25) is 5.91 Å². The van der Waals surface area contributed by atoms with E-state index in [2.05, 4.69) is 42.9 Å². The Morgan fingerprint density at radius 3 is 2.52 bits per heavy atom. The molecule has 1 aromatic heterocycles. The number of carbonyl (C=O) groups is 1. The van der Waals surface area contributed by atoms with Crippen molar-refractivity contribution >= 4 is 28.2 Å². The first-order valence-corrected chi connectivity index (χ1v) is 10.2. The fourth-order valence-corrected chi connectivity index (χ4v) is 3.88. The van der Waals surface area contributed by atoms with Gasteiger partial charge in [-0.15, -0.1) is 11.3 Å². The molecule has 1 amide bonds. The summed E-state index contributed by atoms with van der Waals surface area (Å²) in [5, 5.41) is 9.71. The highest BCUT2D eigenvalue weighted by atomic mass is 32.1. The monoisotopic (exact) mass is 385 g/mol. The SMILES string of the molecule is CN=C(NCCC(=O)NCc1ccccc1)N1CCN(c2cccs2)CC1. The summed E-state index contributed by atoms with van der Waals surface area (Å²) in [5.41, 5.74) is 1.11. The normalized spacial score (nSPS) is 14.9. The molecule has 0 spiro atoms. The second kappa shape index (κ2) is 9.97. The van der Waals surface area contributed by atoms with Crippen LogP contribution in [0.1, 0.15) is 12.0 Å². The van der Waals surface area contributed by atoms with Crippen molar-refractivity contribution in [3.05, 3.63) is 53.4 Å². The van der Waals surface area contributed by atoms with Crippen molar-refractivity contribution < 1.29 is 4.79 Å². The Hall–Kier alpha value is -2.54.